The second-order valence-corrected chi connectivity index (χ2v) is 12.0. The maximum atomic E-state index is 14.2. The van der Waals surface area contributed by atoms with Crippen LogP contribution in [0.5, 0.6) is 5.75 Å². The van der Waals surface area contributed by atoms with Crippen LogP contribution >= 0.6 is 0 Å². The summed E-state index contributed by atoms with van der Waals surface area (Å²) in [7, 11) is 1.37. The van der Waals surface area contributed by atoms with Gasteiger partial charge in [0.05, 0.1) is 18.0 Å². The highest BCUT2D eigenvalue weighted by Crippen LogP contribution is 2.29. The number of aromatic nitrogens is 2. The molecule has 210 valence electrons. The number of esters is 1. The van der Waals surface area contributed by atoms with Crippen molar-refractivity contribution in [3.8, 4) is 17.1 Å². The molecule has 1 unspecified atom stereocenters. The highest BCUT2D eigenvalue weighted by atomic mass is 19.1. The Hall–Kier alpha value is -3.46. The van der Waals surface area contributed by atoms with Gasteiger partial charge in [0, 0.05) is 36.9 Å². The molecule has 1 fully saturated rings. The quantitative estimate of drug-likeness (QED) is 0.453. The Kier molecular flexibility index (Phi) is 8.02. The first-order valence-electron chi connectivity index (χ1n) is 13.4. The van der Waals surface area contributed by atoms with E-state index in [-0.39, 0.29) is 29.1 Å². The molecule has 0 bridgehead atoms. The van der Waals surface area contributed by atoms with Crippen molar-refractivity contribution >= 4 is 22.6 Å². The van der Waals surface area contributed by atoms with Crippen LogP contribution in [-0.4, -0.2) is 53.9 Å². The van der Waals surface area contributed by atoms with E-state index in [4.69, 9.17) is 14.5 Å². The molecule has 2 heterocycles. The largest absolute Gasteiger partial charge is 0.494 e. The molecule has 1 aliphatic rings. The fourth-order valence-electron chi connectivity index (χ4n) is 4.93. The Morgan fingerprint density at radius 3 is 2.62 bits per heavy atom. The van der Waals surface area contributed by atoms with Crippen molar-refractivity contribution in [3.63, 3.8) is 0 Å². The SMILES string of the molecule is CCC1CN(c2ccc3nc(-c4ccc(F)c(OC)c4)n(CC(=O)OC(C)(C)C)c(=O)c3c2)CC(C)(C)CN1. The summed E-state index contributed by atoms with van der Waals surface area (Å²) in [5.74, 6) is -0.851. The zero-order valence-electron chi connectivity index (χ0n) is 23.9. The maximum Gasteiger partial charge on any atom is 0.326 e. The highest BCUT2D eigenvalue weighted by Gasteiger charge is 2.29. The molecule has 4 rings (SSSR count). The number of nitrogens with zero attached hydrogens (tertiary/aromatic N) is 3. The molecule has 1 saturated heterocycles. The minimum Gasteiger partial charge on any atom is -0.494 e. The van der Waals surface area contributed by atoms with Gasteiger partial charge in [0.2, 0.25) is 0 Å². The van der Waals surface area contributed by atoms with Gasteiger partial charge >= 0.3 is 5.97 Å². The standard InChI is InChI=1S/C30H39FN4O4/c1-8-20-15-34(18-30(5,6)17-32-20)21-10-12-24-22(14-21)28(37)35(16-26(36)39-29(2,3)4)27(33-24)19-9-11-23(31)25(13-19)38-7/h9-14,20,32H,8,15-18H2,1-7H3. The fourth-order valence-corrected chi connectivity index (χ4v) is 4.93. The molecule has 1 aromatic heterocycles. The number of nitrogens with one attached hydrogen (secondary N) is 1. The van der Waals surface area contributed by atoms with E-state index >= 15 is 0 Å². The molecule has 8 nitrogen and oxygen atoms in total. The van der Waals surface area contributed by atoms with Gasteiger partial charge in [0.1, 0.15) is 18.0 Å². The molecule has 0 saturated carbocycles. The van der Waals surface area contributed by atoms with Gasteiger partial charge in [-0.05, 0) is 69.0 Å². The number of halogens is 1. The molecule has 1 atom stereocenters. The van der Waals surface area contributed by atoms with Gasteiger partial charge in [0.15, 0.2) is 11.6 Å². The molecule has 1 aliphatic heterocycles. The van der Waals surface area contributed by atoms with Gasteiger partial charge in [-0.25, -0.2) is 9.37 Å². The number of hydrogen-bond donors (Lipinski definition) is 1. The van der Waals surface area contributed by atoms with Crippen molar-refractivity contribution in [3.05, 3.63) is 52.6 Å². The van der Waals surface area contributed by atoms with E-state index in [0.717, 1.165) is 31.7 Å². The van der Waals surface area contributed by atoms with E-state index in [1.807, 2.05) is 18.2 Å². The summed E-state index contributed by atoms with van der Waals surface area (Å²) in [6.07, 6.45) is 0.995. The van der Waals surface area contributed by atoms with Crippen molar-refractivity contribution in [2.45, 2.75) is 66.2 Å². The molecule has 0 amide bonds. The number of anilines is 1. The summed E-state index contributed by atoms with van der Waals surface area (Å²) in [5.41, 5.74) is 0.815. The van der Waals surface area contributed by atoms with E-state index in [9.17, 15) is 14.0 Å². The van der Waals surface area contributed by atoms with Crippen LogP contribution in [0, 0.1) is 11.2 Å². The molecule has 0 spiro atoms. The van der Waals surface area contributed by atoms with Crippen LogP contribution in [-0.2, 0) is 16.1 Å². The lowest BCUT2D eigenvalue weighted by atomic mass is 9.93. The predicted octanol–water partition coefficient (Wildman–Crippen LogP) is 4.77. The van der Waals surface area contributed by atoms with Gasteiger partial charge in [0.25, 0.3) is 5.56 Å². The maximum absolute atomic E-state index is 14.2. The first-order valence-corrected chi connectivity index (χ1v) is 13.4. The number of hydrogen-bond acceptors (Lipinski definition) is 7. The van der Waals surface area contributed by atoms with E-state index in [1.165, 1.54) is 29.9 Å². The number of carbonyl (C=O) groups is 1. The van der Waals surface area contributed by atoms with Crippen LogP contribution in [0.1, 0.15) is 48.0 Å². The van der Waals surface area contributed by atoms with Gasteiger partial charge in [-0.15, -0.1) is 0 Å². The average molecular weight is 539 g/mol. The van der Waals surface area contributed by atoms with Crippen molar-refractivity contribution in [2.24, 2.45) is 5.41 Å². The molecular weight excluding hydrogens is 499 g/mol. The molecule has 0 radical (unpaired) electrons. The predicted molar refractivity (Wildman–Crippen MR) is 152 cm³/mol. The summed E-state index contributed by atoms with van der Waals surface area (Å²) < 4.78 is 26.1. The third-order valence-corrected chi connectivity index (χ3v) is 6.84. The minimum atomic E-state index is -0.721. The van der Waals surface area contributed by atoms with E-state index in [2.05, 4.69) is 31.0 Å². The van der Waals surface area contributed by atoms with Crippen LogP contribution in [0.4, 0.5) is 10.1 Å². The minimum absolute atomic E-state index is 0.0175. The normalized spacial score (nSPS) is 17.6. The zero-order valence-corrected chi connectivity index (χ0v) is 23.9. The molecule has 2 aromatic carbocycles. The summed E-state index contributed by atoms with van der Waals surface area (Å²) in [4.78, 5) is 33.9. The van der Waals surface area contributed by atoms with Crippen molar-refractivity contribution in [1.29, 1.82) is 0 Å². The summed E-state index contributed by atoms with van der Waals surface area (Å²) in [6, 6.07) is 10.3. The first kappa shape index (κ1) is 28.5. The van der Waals surface area contributed by atoms with Crippen LogP contribution in [0.25, 0.3) is 22.3 Å². The number of benzene rings is 2. The van der Waals surface area contributed by atoms with Crippen LogP contribution in [0.2, 0.25) is 0 Å². The second kappa shape index (κ2) is 11.0. The van der Waals surface area contributed by atoms with Crippen LogP contribution < -0.4 is 20.5 Å². The zero-order chi connectivity index (χ0) is 28.5. The van der Waals surface area contributed by atoms with Crippen LogP contribution in [0.15, 0.2) is 41.2 Å². The van der Waals surface area contributed by atoms with Gasteiger partial charge in [-0.1, -0.05) is 20.8 Å². The lowest BCUT2D eigenvalue weighted by molar-refractivity contribution is -0.155. The Balaban J connectivity index is 1.86. The first-order chi connectivity index (χ1) is 18.3. The number of rotatable bonds is 6. The third-order valence-electron chi connectivity index (χ3n) is 6.84. The van der Waals surface area contributed by atoms with Gasteiger partial charge in [-0.3, -0.25) is 14.2 Å². The highest BCUT2D eigenvalue weighted by molar-refractivity contribution is 5.84. The topological polar surface area (TPSA) is 85.7 Å². The van der Waals surface area contributed by atoms with Crippen LogP contribution in [0.3, 0.4) is 0 Å². The molecular formula is C30H39FN4O4. The molecule has 39 heavy (non-hydrogen) atoms. The monoisotopic (exact) mass is 538 g/mol. The van der Waals surface area contributed by atoms with E-state index < -0.39 is 17.4 Å². The van der Waals surface area contributed by atoms with Crippen molar-refractivity contribution in [1.82, 2.24) is 14.9 Å². The third kappa shape index (κ3) is 6.58. The summed E-state index contributed by atoms with van der Waals surface area (Å²) >= 11 is 0. The lowest BCUT2D eigenvalue weighted by Gasteiger charge is -2.31. The molecule has 1 N–H and O–H groups in total. The fraction of sp³-hybridized carbons (Fsp3) is 0.500. The Bertz CT molecular complexity index is 1430. The van der Waals surface area contributed by atoms with E-state index in [1.54, 1.807) is 20.8 Å². The number of fused-ring (bicyclic) bond motifs is 1. The smallest absolute Gasteiger partial charge is 0.326 e. The second-order valence-electron chi connectivity index (χ2n) is 12.0. The average Bonchev–Trinajstić information content (AvgIpc) is 3.02. The van der Waals surface area contributed by atoms with Crippen molar-refractivity contribution < 1.29 is 18.7 Å². The van der Waals surface area contributed by atoms with Gasteiger partial charge in [-0.2, -0.15) is 0 Å². The number of methoxy groups -OCH3 is 1. The molecule has 0 aliphatic carbocycles. The Labute approximate surface area is 229 Å². The van der Waals surface area contributed by atoms with E-state index in [0.29, 0.717) is 22.5 Å². The van der Waals surface area contributed by atoms with Crippen molar-refractivity contribution in [2.75, 3.05) is 31.6 Å². The summed E-state index contributed by atoms with van der Waals surface area (Å²) in [5, 5.41) is 4.05. The number of ether oxygens (including phenoxy) is 2. The molecule has 9 heteroatoms. The summed E-state index contributed by atoms with van der Waals surface area (Å²) in [6.45, 7) is 14.1. The van der Waals surface area contributed by atoms with Gasteiger partial charge < -0.3 is 19.7 Å². The lowest BCUT2D eigenvalue weighted by Crippen LogP contribution is -2.37. The number of carbonyl (C=O) groups excluding carboxylic acids is 1. The Morgan fingerprint density at radius 2 is 1.95 bits per heavy atom. The molecule has 3 aromatic rings. The Morgan fingerprint density at radius 1 is 1.21 bits per heavy atom.